The molecule has 0 atom stereocenters. The van der Waals surface area contributed by atoms with Crippen molar-refractivity contribution in [3.8, 4) is 5.92 Å². The molecule has 0 aliphatic rings. The molecule has 0 aliphatic carbocycles. The van der Waals surface area contributed by atoms with Crippen molar-refractivity contribution >= 4 is 0 Å². The highest BCUT2D eigenvalue weighted by molar-refractivity contribution is 4.75. The lowest BCUT2D eigenvalue weighted by Crippen LogP contribution is -2.11. The number of hydrogen-bond acceptors (Lipinski definition) is 1. The largest absolute Gasteiger partial charge is 0.308 e. The van der Waals surface area contributed by atoms with Gasteiger partial charge < -0.3 is 4.90 Å². The third-order valence-electron chi connectivity index (χ3n) is 0.684. The predicted molar refractivity (Wildman–Crippen MR) is 30.3 cm³/mol. The van der Waals surface area contributed by atoms with Crippen molar-refractivity contribution < 1.29 is 0 Å². The van der Waals surface area contributed by atoms with Crippen LogP contribution in [-0.4, -0.2) is 25.5 Å². The van der Waals surface area contributed by atoms with Gasteiger partial charge in [-0.2, -0.15) is 0 Å². The van der Waals surface area contributed by atoms with Gasteiger partial charge in [-0.3, -0.25) is 0 Å². The average Bonchev–Trinajstić information content (AvgIpc) is 1.61. The van der Waals surface area contributed by atoms with E-state index >= 15 is 0 Å². The molecule has 0 aromatic heterocycles. The molecule has 0 amide bonds. The Labute approximate surface area is 45.3 Å². The molecule has 1 radical (unpaired) electrons. The van der Waals surface area contributed by atoms with Crippen molar-refractivity contribution in [3.05, 3.63) is 6.42 Å². The molecule has 0 bridgehead atoms. The maximum atomic E-state index is 6.52. The molecule has 0 spiro atoms. The highest BCUT2D eigenvalue weighted by Crippen LogP contribution is 1.76. The minimum absolute atomic E-state index is 0.743. The molecule has 1 nitrogen and oxygen atoms in total. The van der Waals surface area contributed by atoms with Crippen LogP contribution in [0, 0.1) is 12.3 Å². The first-order chi connectivity index (χ1) is 3.27. The first kappa shape index (κ1) is 6.52. The Morgan fingerprint density at radius 3 is 2.29 bits per heavy atom. The minimum atomic E-state index is 0.743. The van der Waals surface area contributed by atoms with E-state index in [0.717, 1.165) is 13.0 Å². The van der Waals surface area contributed by atoms with Crippen molar-refractivity contribution in [1.82, 2.24) is 4.90 Å². The predicted octanol–water partition coefficient (Wildman–Crippen LogP) is 0.528. The Bertz CT molecular complexity index is 68.7. The van der Waals surface area contributed by atoms with Crippen molar-refractivity contribution in [1.29, 1.82) is 0 Å². The maximum Gasteiger partial charge on any atom is 0.0227 e. The van der Waals surface area contributed by atoms with Gasteiger partial charge in [0.05, 0.1) is 0 Å². The Balaban J connectivity index is 2.86. The summed E-state index contributed by atoms with van der Waals surface area (Å²) in [6.07, 6.45) is 7.26. The van der Waals surface area contributed by atoms with Gasteiger partial charge in [0.2, 0.25) is 0 Å². The van der Waals surface area contributed by atoms with Gasteiger partial charge in [-0.1, -0.05) is 5.92 Å². The van der Waals surface area contributed by atoms with Crippen molar-refractivity contribution in [2.75, 3.05) is 20.6 Å². The fourth-order valence-electron chi connectivity index (χ4n) is 0.280. The van der Waals surface area contributed by atoms with Crippen molar-refractivity contribution in [2.24, 2.45) is 0 Å². The first-order valence-corrected chi connectivity index (χ1v) is 2.31. The lowest BCUT2D eigenvalue weighted by molar-refractivity contribution is 0.419. The van der Waals surface area contributed by atoms with Crippen molar-refractivity contribution in [2.45, 2.75) is 6.42 Å². The summed E-state index contributed by atoms with van der Waals surface area (Å²) in [5, 5.41) is 0. The lowest BCUT2D eigenvalue weighted by Gasteiger charge is -2.03. The lowest BCUT2D eigenvalue weighted by atomic mass is 10.4. The second kappa shape index (κ2) is 3.70. The van der Waals surface area contributed by atoms with E-state index < -0.39 is 0 Å². The van der Waals surface area contributed by atoms with E-state index in [4.69, 9.17) is 6.42 Å². The average molecular weight is 96.2 g/mol. The summed E-state index contributed by atoms with van der Waals surface area (Å²) in [5.74, 6) is 2.31. The van der Waals surface area contributed by atoms with Gasteiger partial charge in [0.25, 0.3) is 0 Å². The molecule has 0 aliphatic heterocycles. The molecule has 0 unspecified atom stereocenters. The van der Waals surface area contributed by atoms with Crippen LogP contribution in [0.3, 0.4) is 0 Å². The van der Waals surface area contributed by atoms with E-state index in [-0.39, 0.29) is 0 Å². The molecular weight excluding hydrogens is 86.1 g/mol. The maximum absolute atomic E-state index is 6.52. The molecule has 0 aromatic rings. The Hall–Kier alpha value is -0.480. The van der Waals surface area contributed by atoms with Crippen LogP contribution in [0.15, 0.2) is 0 Å². The first-order valence-electron chi connectivity index (χ1n) is 2.31. The van der Waals surface area contributed by atoms with Gasteiger partial charge in [-0.25, -0.2) is 0 Å². The molecule has 0 rings (SSSR count). The number of hydrogen-bond donors (Lipinski definition) is 0. The molecule has 0 aromatic carbocycles. The molecule has 0 saturated heterocycles. The second-order valence-electron chi connectivity index (χ2n) is 1.73. The monoisotopic (exact) mass is 96.1 g/mol. The normalized spacial score (nSPS) is 8.86. The molecule has 0 fully saturated rings. The van der Waals surface area contributed by atoms with E-state index in [1.54, 1.807) is 0 Å². The van der Waals surface area contributed by atoms with E-state index in [9.17, 15) is 0 Å². The number of nitrogens with zero attached hydrogens (tertiary/aromatic N) is 1. The minimum Gasteiger partial charge on any atom is -0.308 e. The van der Waals surface area contributed by atoms with Gasteiger partial charge in [0, 0.05) is 13.0 Å². The van der Waals surface area contributed by atoms with E-state index in [2.05, 4.69) is 5.92 Å². The van der Waals surface area contributed by atoms with Crippen LogP contribution in [0.5, 0.6) is 0 Å². The zero-order valence-electron chi connectivity index (χ0n) is 4.86. The summed E-state index contributed by atoms with van der Waals surface area (Å²) < 4.78 is 0. The summed E-state index contributed by atoms with van der Waals surface area (Å²) in [4.78, 5) is 2.03. The van der Waals surface area contributed by atoms with E-state index in [0.29, 0.717) is 0 Å². The third-order valence-corrected chi connectivity index (χ3v) is 0.684. The molecule has 7 heavy (non-hydrogen) atoms. The highest BCUT2D eigenvalue weighted by Gasteiger charge is 1.82. The molecule has 0 N–H and O–H groups in total. The van der Waals surface area contributed by atoms with E-state index in [1.165, 1.54) is 0 Å². The zero-order valence-corrected chi connectivity index (χ0v) is 4.86. The van der Waals surface area contributed by atoms with Gasteiger partial charge in [0.1, 0.15) is 0 Å². The smallest absolute Gasteiger partial charge is 0.0227 e. The second-order valence-corrected chi connectivity index (χ2v) is 1.73. The molecule has 1 heteroatoms. The van der Waals surface area contributed by atoms with Gasteiger partial charge in [0.15, 0.2) is 0 Å². The van der Waals surface area contributed by atoms with Gasteiger partial charge in [-0.05, 0) is 20.5 Å². The Morgan fingerprint density at radius 2 is 2.14 bits per heavy atom. The molecule has 0 heterocycles. The summed E-state index contributed by atoms with van der Waals surface area (Å²) in [6, 6.07) is 0. The third kappa shape index (κ3) is 5.52. The van der Waals surface area contributed by atoms with Crippen LogP contribution in [-0.2, 0) is 0 Å². The summed E-state index contributed by atoms with van der Waals surface area (Å²) in [7, 11) is 3.97. The van der Waals surface area contributed by atoms with Crippen LogP contribution in [0.1, 0.15) is 6.42 Å². The summed E-state index contributed by atoms with van der Waals surface area (Å²) in [6.45, 7) is 0.934. The van der Waals surface area contributed by atoms with Crippen LogP contribution in [0.4, 0.5) is 0 Å². The Morgan fingerprint density at radius 1 is 1.57 bits per heavy atom. The van der Waals surface area contributed by atoms with Gasteiger partial charge >= 0.3 is 0 Å². The van der Waals surface area contributed by atoms with Crippen LogP contribution >= 0.6 is 0 Å². The Kier molecular flexibility index (Phi) is 3.45. The van der Waals surface area contributed by atoms with Gasteiger partial charge in [-0.15, -0.1) is 0 Å². The van der Waals surface area contributed by atoms with Crippen LogP contribution in [0.2, 0.25) is 0 Å². The highest BCUT2D eigenvalue weighted by atomic mass is 15.0. The molecule has 39 valence electrons. The van der Waals surface area contributed by atoms with E-state index in [1.807, 2.05) is 19.0 Å². The van der Waals surface area contributed by atoms with Crippen molar-refractivity contribution in [3.63, 3.8) is 0 Å². The molecule has 0 saturated carbocycles. The fourth-order valence-corrected chi connectivity index (χ4v) is 0.280. The standard InChI is InChI=1S/C6H10N/c1-4-5-6-7(2)3/h5-6H2,2-3H3. The van der Waals surface area contributed by atoms with Crippen LogP contribution in [0.25, 0.3) is 0 Å². The quantitative estimate of drug-likeness (QED) is 0.453. The zero-order chi connectivity index (χ0) is 5.70. The number of rotatable bonds is 2. The van der Waals surface area contributed by atoms with Crippen LogP contribution < -0.4 is 0 Å². The molecular formula is C6H10N. The fraction of sp³-hybridized carbons (Fsp3) is 0.667. The topological polar surface area (TPSA) is 3.24 Å². The SMILES string of the molecule is [C]#CCCN(C)C. The summed E-state index contributed by atoms with van der Waals surface area (Å²) in [5.41, 5.74) is 0. The summed E-state index contributed by atoms with van der Waals surface area (Å²) >= 11 is 0.